The third-order valence-corrected chi connectivity index (χ3v) is 9.99. The van der Waals surface area contributed by atoms with Crippen LogP contribution >= 0.6 is 11.3 Å². The fourth-order valence-electron chi connectivity index (χ4n) is 5.92. The Kier molecular flexibility index (Phi) is 12.5. The number of nitrogens with zero attached hydrogens (tertiary/aromatic N) is 2. The Hall–Kier alpha value is -3.91. The number of aryl methyl sites for hydroxylation is 1. The maximum absolute atomic E-state index is 14.6. The van der Waals surface area contributed by atoms with E-state index in [0.717, 1.165) is 29.0 Å². The lowest BCUT2D eigenvalue weighted by Crippen LogP contribution is -2.59. The van der Waals surface area contributed by atoms with Crippen molar-refractivity contribution in [2.75, 3.05) is 13.1 Å². The van der Waals surface area contributed by atoms with Crippen LogP contribution in [0.1, 0.15) is 95.9 Å². The molecule has 1 saturated heterocycles. The summed E-state index contributed by atoms with van der Waals surface area (Å²) in [7, 11) is 0. The minimum absolute atomic E-state index is 0.0418. The summed E-state index contributed by atoms with van der Waals surface area (Å²) in [4.78, 5) is 70.8. The average Bonchev–Trinajstić information content (AvgIpc) is 3.44. The summed E-state index contributed by atoms with van der Waals surface area (Å²) in [6, 6.07) is 4.46. The molecule has 2 aliphatic rings. The number of amides is 4. The number of aliphatic carboxylic acids is 1. The number of thiazole rings is 1. The molecule has 4 amide bonds. The number of nitrogens with one attached hydrogen (secondary N) is 3. The monoisotopic (exact) mass is 701 g/mol. The quantitative estimate of drug-likeness (QED) is 0.164. The number of carbonyl (C=O) groups is 5. The van der Waals surface area contributed by atoms with Gasteiger partial charge in [-0.25, -0.2) is 9.37 Å². The number of carboxylic acid groups (broad SMARTS) is 1. The Morgan fingerprint density at radius 3 is 2.33 bits per heavy atom. The van der Waals surface area contributed by atoms with Crippen LogP contribution < -0.4 is 16.0 Å². The van der Waals surface area contributed by atoms with Crippen molar-refractivity contribution in [3.63, 3.8) is 0 Å². The molecule has 4 rings (SSSR count). The van der Waals surface area contributed by atoms with E-state index < -0.39 is 59.0 Å². The highest BCUT2D eigenvalue weighted by atomic mass is 32.1. The number of aliphatic hydroxyl groups is 1. The molecule has 2 heterocycles. The van der Waals surface area contributed by atoms with Gasteiger partial charge >= 0.3 is 5.97 Å². The number of β-amino-alcohol motifs (C(OH)–C–C–N with tert-alkyl or cyclic N) is 1. The van der Waals surface area contributed by atoms with Gasteiger partial charge in [0.2, 0.25) is 17.7 Å². The van der Waals surface area contributed by atoms with Crippen molar-refractivity contribution in [3.05, 3.63) is 41.0 Å². The first kappa shape index (κ1) is 37.9. The Morgan fingerprint density at radius 1 is 1.06 bits per heavy atom. The first-order valence-corrected chi connectivity index (χ1v) is 17.7. The Labute approximate surface area is 290 Å². The van der Waals surface area contributed by atoms with Crippen molar-refractivity contribution in [2.45, 2.75) is 115 Å². The number of benzene rings is 1. The van der Waals surface area contributed by atoms with Gasteiger partial charge < -0.3 is 31.1 Å². The van der Waals surface area contributed by atoms with Gasteiger partial charge in [0, 0.05) is 25.9 Å². The van der Waals surface area contributed by atoms with E-state index in [9.17, 15) is 33.5 Å². The van der Waals surface area contributed by atoms with E-state index >= 15 is 0 Å². The summed E-state index contributed by atoms with van der Waals surface area (Å²) in [5.74, 6) is -3.14. The highest BCUT2D eigenvalue weighted by molar-refractivity contribution is 7.13. The third-order valence-electron chi connectivity index (χ3n) is 9.02. The number of rotatable bonds is 16. The SMILES string of the molecule is Cc1ncsc1-c1ccc(C(CC(=O)NCCCCCCC(=O)O)NC(=O)[C@@H]2C[C@@H](O)CN2C(=O)C(NC(=O)C2(F)CC2)C(C)(C)C)cc1. The first-order chi connectivity index (χ1) is 23.1. The molecule has 12 nitrogen and oxygen atoms in total. The molecule has 1 aromatic carbocycles. The molecule has 1 aromatic heterocycles. The van der Waals surface area contributed by atoms with Crippen LogP contribution in [0.3, 0.4) is 0 Å². The van der Waals surface area contributed by atoms with E-state index in [1.54, 1.807) is 26.3 Å². The van der Waals surface area contributed by atoms with Crippen LogP contribution in [0.5, 0.6) is 0 Å². The van der Waals surface area contributed by atoms with Gasteiger partial charge in [-0.2, -0.15) is 0 Å². The second-order valence-electron chi connectivity index (χ2n) is 14.2. The second-order valence-corrected chi connectivity index (χ2v) is 15.1. The van der Waals surface area contributed by atoms with E-state index in [1.807, 2.05) is 31.2 Å². The predicted molar refractivity (Wildman–Crippen MR) is 182 cm³/mol. The third kappa shape index (κ3) is 10.3. The molecule has 268 valence electrons. The van der Waals surface area contributed by atoms with Crippen LogP contribution in [0.4, 0.5) is 4.39 Å². The van der Waals surface area contributed by atoms with E-state index in [-0.39, 0.29) is 44.6 Å². The number of unbranched alkanes of at least 4 members (excludes halogenated alkanes) is 3. The minimum atomic E-state index is -1.99. The molecule has 0 spiro atoms. The van der Waals surface area contributed by atoms with Gasteiger partial charge in [0.25, 0.3) is 5.91 Å². The van der Waals surface area contributed by atoms with Crippen LogP contribution in [0.25, 0.3) is 10.4 Å². The van der Waals surface area contributed by atoms with Gasteiger partial charge in [-0.3, -0.25) is 24.0 Å². The van der Waals surface area contributed by atoms with Crippen LogP contribution in [-0.4, -0.2) is 86.6 Å². The van der Waals surface area contributed by atoms with Crippen molar-refractivity contribution in [2.24, 2.45) is 5.41 Å². The number of carbonyl (C=O) groups excluding carboxylic acids is 4. The van der Waals surface area contributed by atoms with Gasteiger partial charge in [-0.15, -0.1) is 11.3 Å². The highest BCUT2D eigenvalue weighted by Crippen LogP contribution is 2.40. The number of aromatic nitrogens is 1. The zero-order chi connectivity index (χ0) is 35.9. The summed E-state index contributed by atoms with van der Waals surface area (Å²) in [5.41, 5.74) is 1.44. The fourth-order valence-corrected chi connectivity index (χ4v) is 6.74. The molecule has 4 atom stereocenters. The average molecular weight is 702 g/mol. The smallest absolute Gasteiger partial charge is 0.303 e. The number of hydrogen-bond acceptors (Lipinski definition) is 8. The molecular formula is C35H48FN5O7S. The molecule has 49 heavy (non-hydrogen) atoms. The summed E-state index contributed by atoms with van der Waals surface area (Å²) in [5, 5.41) is 27.8. The summed E-state index contributed by atoms with van der Waals surface area (Å²) < 4.78 is 14.6. The van der Waals surface area contributed by atoms with Gasteiger partial charge in [0.15, 0.2) is 5.67 Å². The van der Waals surface area contributed by atoms with Crippen molar-refractivity contribution in [1.82, 2.24) is 25.8 Å². The van der Waals surface area contributed by atoms with E-state index in [4.69, 9.17) is 5.11 Å². The van der Waals surface area contributed by atoms with Gasteiger partial charge in [0.1, 0.15) is 12.1 Å². The maximum Gasteiger partial charge on any atom is 0.303 e. The number of aliphatic hydroxyl groups excluding tert-OH is 1. The summed E-state index contributed by atoms with van der Waals surface area (Å²) in [6.45, 7) is 7.37. The van der Waals surface area contributed by atoms with E-state index in [2.05, 4.69) is 20.9 Å². The largest absolute Gasteiger partial charge is 0.481 e. The lowest BCUT2D eigenvalue weighted by molar-refractivity contribution is -0.145. The first-order valence-electron chi connectivity index (χ1n) is 16.9. The summed E-state index contributed by atoms with van der Waals surface area (Å²) >= 11 is 1.51. The number of alkyl halides is 1. The number of halogens is 1. The fraction of sp³-hybridized carbons (Fsp3) is 0.600. The second kappa shape index (κ2) is 16.2. The van der Waals surface area contributed by atoms with Crippen LogP contribution in [0.2, 0.25) is 0 Å². The zero-order valence-corrected chi connectivity index (χ0v) is 29.4. The normalized spacial score (nSPS) is 19.5. The zero-order valence-electron chi connectivity index (χ0n) is 28.6. The highest BCUT2D eigenvalue weighted by Gasteiger charge is 2.53. The molecule has 14 heteroatoms. The van der Waals surface area contributed by atoms with Crippen molar-refractivity contribution in [1.29, 1.82) is 0 Å². The summed E-state index contributed by atoms with van der Waals surface area (Å²) in [6.07, 6.45) is 1.91. The molecule has 1 aliphatic heterocycles. The van der Waals surface area contributed by atoms with Crippen LogP contribution in [0.15, 0.2) is 29.8 Å². The van der Waals surface area contributed by atoms with Crippen LogP contribution in [-0.2, 0) is 24.0 Å². The van der Waals surface area contributed by atoms with Crippen molar-refractivity contribution >= 4 is 40.9 Å². The predicted octanol–water partition coefficient (Wildman–Crippen LogP) is 3.81. The number of carboxylic acids is 1. The van der Waals surface area contributed by atoms with Crippen molar-refractivity contribution in [3.8, 4) is 10.4 Å². The number of likely N-dealkylation sites (tertiary alicyclic amines) is 1. The lowest BCUT2D eigenvalue weighted by Gasteiger charge is -2.36. The molecule has 2 unspecified atom stereocenters. The maximum atomic E-state index is 14.6. The van der Waals surface area contributed by atoms with E-state index in [0.29, 0.717) is 24.9 Å². The molecule has 5 N–H and O–H groups in total. The molecule has 0 bridgehead atoms. The molecule has 0 radical (unpaired) electrons. The lowest BCUT2D eigenvalue weighted by atomic mass is 9.85. The molecule has 1 aliphatic carbocycles. The van der Waals surface area contributed by atoms with Gasteiger partial charge in [0.05, 0.1) is 34.6 Å². The van der Waals surface area contributed by atoms with Gasteiger partial charge in [-0.1, -0.05) is 57.9 Å². The van der Waals surface area contributed by atoms with Crippen molar-refractivity contribution < 1.29 is 38.6 Å². The standard InChI is InChI=1S/C35H48FN5O7S/c1-21-29(49-20-38-21)23-12-10-22(11-13-23)25(18-27(43)37-16-8-6-5-7-9-28(44)45)39-31(46)26-17-24(42)19-41(26)32(47)30(34(2,3)4)40-33(48)35(36)14-15-35/h10-13,20,24-26,30,42H,5-9,14-19H2,1-4H3,(H,37,43)(H,39,46)(H,40,48)(H,44,45)/t24-,25?,26+,30?/m1/s1. The van der Waals surface area contributed by atoms with E-state index in [1.165, 1.54) is 16.2 Å². The molecule has 2 fully saturated rings. The Morgan fingerprint density at radius 2 is 1.73 bits per heavy atom. The molecular weight excluding hydrogens is 653 g/mol. The molecule has 2 aromatic rings. The van der Waals surface area contributed by atoms with Gasteiger partial charge in [-0.05, 0) is 49.1 Å². The Balaban J connectivity index is 1.48. The molecule has 1 saturated carbocycles. The Bertz CT molecular complexity index is 1500. The number of hydrogen-bond donors (Lipinski definition) is 5. The topological polar surface area (TPSA) is 178 Å². The van der Waals surface area contributed by atoms with Crippen LogP contribution in [0, 0.1) is 12.3 Å². The minimum Gasteiger partial charge on any atom is -0.481 e.